The largest absolute Gasteiger partial charge is 0.341 e. The van der Waals surface area contributed by atoms with Gasteiger partial charge in [0.15, 0.2) is 9.77 Å². The summed E-state index contributed by atoms with van der Waals surface area (Å²) >= 11 is 6.49. The van der Waals surface area contributed by atoms with Gasteiger partial charge in [-0.15, -0.1) is 11.3 Å². The second-order valence-electron chi connectivity index (χ2n) is 4.32. The van der Waals surface area contributed by atoms with Crippen molar-refractivity contribution in [3.63, 3.8) is 0 Å². The Labute approximate surface area is 120 Å². The second kappa shape index (κ2) is 5.66. The van der Waals surface area contributed by atoms with Gasteiger partial charge in [-0.3, -0.25) is 9.89 Å². The standard InChI is InChI=1S/C12H16N4OS2/c1-4-8-6(2)11(16-15-8)14-10(17)5-9-7(3)13-12(18)19-9/h4-5H2,1-3H3,(H,13,18)(H2,14,15,16,17). The Morgan fingerprint density at radius 2 is 2.21 bits per heavy atom. The van der Waals surface area contributed by atoms with Crippen molar-refractivity contribution < 1.29 is 4.79 Å². The van der Waals surface area contributed by atoms with Gasteiger partial charge in [0.1, 0.15) is 0 Å². The third-order valence-electron chi connectivity index (χ3n) is 2.97. The topological polar surface area (TPSA) is 73.6 Å². The van der Waals surface area contributed by atoms with Gasteiger partial charge in [-0.2, -0.15) is 5.10 Å². The van der Waals surface area contributed by atoms with E-state index in [9.17, 15) is 4.79 Å². The maximum absolute atomic E-state index is 12.0. The molecule has 0 saturated carbocycles. The van der Waals surface area contributed by atoms with Crippen LogP contribution in [0.4, 0.5) is 5.82 Å². The number of hydrogen-bond donors (Lipinski definition) is 3. The molecule has 7 heteroatoms. The molecule has 0 aliphatic heterocycles. The number of nitrogens with one attached hydrogen (secondary N) is 3. The minimum Gasteiger partial charge on any atom is -0.341 e. The maximum Gasteiger partial charge on any atom is 0.230 e. The molecule has 0 aliphatic carbocycles. The number of amides is 1. The summed E-state index contributed by atoms with van der Waals surface area (Å²) in [6.07, 6.45) is 1.18. The minimum atomic E-state index is -0.0781. The number of aromatic amines is 2. The van der Waals surface area contributed by atoms with E-state index in [-0.39, 0.29) is 5.91 Å². The molecule has 0 spiro atoms. The maximum atomic E-state index is 12.0. The van der Waals surface area contributed by atoms with Crippen molar-refractivity contribution in [2.24, 2.45) is 0 Å². The lowest BCUT2D eigenvalue weighted by Crippen LogP contribution is -2.15. The average molecular weight is 296 g/mol. The van der Waals surface area contributed by atoms with Crippen LogP contribution in [0.2, 0.25) is 0 Å². The van der Waals surface area contributed by atoms with Crippen molar-refractivity contribution in [3.05, 3.63) is 25.8 Å². The SMILES string of the molecule is CCc1[nH]nc(NC(=O)Cc2sc(=S)[nH]c2C)c1C. The Bertz CT molecular complexity index is 653. The van der Waals surface area contributed by atoms with Crippen molar-refractivity contribution in [2.45, 2.75) is 33.6 Å². The molecule has 0 saturated heterocycles. The molecule has 1 amide bonds. The van der Waals surface area contributed by atoms with E-state index >= 15 is 0 Å². The zero-order chi connectivity index (χ0) is 14.0. The molecule has 2 aromatic rings. The molecule has 0 unspecified atom stereocenters. The smallest absolute Gasteiger partial charge is 0.230 e. The van der Waals surface area contributed by atoms with Crippen LogP contribution in [-0.2, 0) is 17.6 Å². The lowest BCUT2D eigenvalue weighted by atomic mass is 10.2. The van der Waals surface area contributed by atoms with Crippen LogP contribution in [-0.4, -0.2) is 21.1 Å². The number of rotatable bonds is 4. The number of aromatic nitrogens is 3. The Balaban J connectivity index is 2.07. The van der Waals surface area contributed by atoms with Gasteiger partial charge in [-0.05, 0) is 32.5 Å². The molecule has 0 aliphatic rings. The summed E-state index contributed by atoms with van der Waals surface area (Å²) in [6.45, 7) is 5.91. The molecule has 0 radical (unpaired) electrons. The van der Waals surface area contributed by atoms with E-state index in [1.807, 2.05) is 20.8 Å². The number of hydrogen-bond acceptors (Lipinski definition) is 4. The fourth-order valence-corrected chi connectivity index (χ4v) is 3.12. The van der Waals surface area contributed by atoms with Crippen molar-refractivity contribution in [2.75, 3.05) is 5.32 Å². The summed E-state index contributed by atoms with van der Waals surface area (Å²) in [5.74, 6) is 0.532. The molecule has 5 nitrogen and oxygen atoms in total. The van der Waals surface area contributed by atoms with Gasteiger partial charge in [0.2, 0.25) is 5.91 Å². The van der Waals surface area contributed by atoms with E-state index in [4.69, 9.17) is 12.2 Å². The monoisotopic (exact) mass is 296 g/mol. The van der Waals surface area contributed by atoms with E-state index in [1.54, 1.807) is 0 Å². The Morgan fingerprint density at radius 1 is 1.47 bits per heavy atom. The lowest BCUT2D eigenvalue weighted by molar-refractivity contribution is -0.115. The highest BCUT2D eigenvalue weighted by molar-refractivity contribution is 7.73. The van der Waals surface area contributed by atoms with E-state index in [0.29, 0.717) is 16.2 Å². The van der Waals surface area contributed by atoms with Gasteiger partial charge in [0, 0.05) is 21.8 Å². The summed E-state index contributed by atoms with van der Waals surface area (Å²) in [6, 6.07) is 0. The molecular formula is C12H16N4OS2. The van der Waals surface area contributed by atoms with E-state index < -0.39 is 0 Å². The van der Waals surface area contributed by atoms with Crippen LogP contribution >= 0.6 is 23.6 Å². The van der Waals surface area contributed by atoms with E-state index in [2.05, 4.69) is 20.5 Å². The van der Waals surface area contributed by atoms with Gasteiger partial charge in [-0.1, -0.05) is 6.92 Å². The number of H-pyrrole nitrogens is 2. The van der Waals surface area contributed by atoms with Crippen LogP contribution in [0.15, 0.2) is 0 Å². The van der Waals surface area contributed by atoms with Crippen molar-refractivity contribution in [1.29, 1.82) is 0 Å². The highest BCUT2D eigenvalue weighted by atomic mass is 32.1. The van der Waals surface area contributed by atoms with Gasteiger partial charge >= 0.3 is 0 Å². The first-order valence-corrected chi connectivity index (χ1v) is 7.26. The number of carbonyl (C=O) groups excluding carboxylic acids is 1. The summed E-state index contributed by atoms with van der Waals surface area (Å²) < 4.78 is 0.699. The highest BCUT2D eigenvalue weighted by Gasteiger charge is 2.13. The second-order valence-corrected chi connectivity index (χ2v) is 6.09. The van der Waals surface area contributed by atoms with Gasteiger partial charge in [-0.25, -0.2) is 0 Å². The number of carbonyl (C=O) groups is 1. The predicted molar refractivity (Wildman–Crippen MR) is 79.3 cm³/mol. The van der Waals surface area contributed by atoms with Gasteiger partial charge in [0.05, 0.1) is 6.42 Å². The van der Waals surface area contributed by atoms with Crippen molar-refractivity contribution in [3.8, 4) is 0 Å². The van der Waals surface area contributed by atoms with Crippen LogP contribution < -0.4 is 5.32 Å². The fraction of sp³-hybridized carbons (Fsp3) is 0.417. The molecule has 0 aromatic carbocycles. The van der Waals surface area contributed by atoms with Crippen LogP contribution in [0.25, 0.3) is 0 Å². The molecule has 2 heterocycles. The average Bonchev–Trinajstić information content (AvgIpc) is 2.84. The molecule has 3 N–H and O–H groups in total. The first kappa shape index (κ1) is 14.0. The van der Waals surface area contributed by atoms with Crippen LogP contribution in [0.1, 0.15) is 28.8 Å². The van der Waals surface area contributed by atoms with Crippen LogP contribution in [0.3, 0.4) is 0 Å². The Kier molecular flexibility index (Phi) is 4.16. The Morgan fingerprint density at radius 3 is 2.74 bits per heavy atom. The van der Waals surface area contributed by atoms with Crippen molar-refractivity contribution >= 4 is 35.3 Å². The molecule has 102 valence electrons. The van der Waals surface area contributed by atoms with Crippen LogP contribution in [0, 0.1) is 17.8 Å². The number of aryl methyl sites for hydroxylation is 2. The normalized spacial score (nSPS) is 10.7. The van der Waals surface area contributed by atoms with Crippen LogP contribution in [0.5, 0.6) is 0 Å². The van der Waals surface area contributed by atoms with Gasteiger partial charge < -0.3 is 10.3 Å². The summed E-state index contributed by atoms with van der Waals surface area (Å²) in [4.78, 5) is 16.0. The number of nitrogens with zero attached hydrogens (tertiary/aromatic N) is 1. The zero-order valence-corrected chi connectivity index (χ0v) is 12.7. The van der Waals surface area contributed by atoms with Crippen molar-refractivity contribution in [1.82, 2.24) is 15.2 Å². The molecule has 0 fully saturated rings. The molecule has 19 heavy (non-hydrogen) atoms. The van der Waals surface area contributed by atoms with E-state index in [1.165, 1.54) is 11.3 Å². The molecule has 0 atom stereocenters. The first-order chi connectivity index (χ1) is 9.01. The zero-order valence-electron chi connectivity index (χ0n) is 11.1. The van der Waals surface area contributed by atoms with E-state index in [0.717, 1.165) is 28.2 Å². The number of anilines is 1. The quantitative estimate of drug-likeness (QED) is 0.760. The van der Waals surface area contributed by atoms with Gasteiger partial charge in [0.25, 0.3) is 0 Å². The summed E-state index contributed by atoms with van der Waals surface area (Å²) in [7, 11) is 0. The fourth-order valence-electron chi connectivity index (χ4n) is 1.83. The minimum absolute atomic E-state index is 0.0781. The predicted octanol–water partition coefficient (Wildman–Crippen LogP) is 2.89. The third-order valence-corrected chi connectivity index (χ3v) is 4.30. The third kappa shape index (κ3) is 3.10. The highest BCUT2D eigenvalue weighted by Crippen LogP contribution is 2.18. The Hall–Kier alpha value is -1.47. The molecule has 2 aromatic heterocycles. The first-order valence-electron chi connectivity index (χ1n) is 6.03. The molecule has 0 bridgehead atoms. The summed E-state index contributed by atoms with van der Waals surface area (Å²) in [5.41, 5.74) is 3.00. The molecular weight excluding hydrogens is 280 g/mol. The molecule has 2 rings (SSSR count). The number of thiazole rings is 1. The lowest BCUT2D eigenvalue weighted by Gasteiger charge is -2.02. The summed E-state index contributed by atoms with van der Waals surface area (Å²) in [5, 5.41) is 9.86.